The third-order valence-corrected chi connectivity index (χ3v) is 1.83. The number of anilines is 1. The number of rotatable bonds is 1. The summed E-state index contributed by atoms with van der Waals surface area (Å²) >= 11 is 0. The van der Waals surface area contributed by atoms with Crippen LogP contribution in [-0.2, 0) is 0 Å². The Bertz CT molecular complexity index is 366. The second-order valence-electron chi connectivity index (χ2n) is 2.85. The predicted octanol–water partition coefficient (Wildman–Crippen LogP) is 0.497. The second kappa shape index (κ2) is 4.32. The molecule has 0 atom stereocenters. The molecule has 0 radical (unpaired) electrons. The van der Waals surface area contributed by atoms with Gasteiger partial charge in [0.1, 0.15) is 0 Å². The average Bonchev–Trinajstić information content (AvgIpc) is 2.18. The summed E-state index contributed by atoms with van der Waals surface area (Å²) in [5, 5.41) is 1.93. The first kappa shape index (κ1) is 10.8. The van der Waals surface area contributed by atoms with Crippen LogP contribution >= 0.6 is 0 Å². The number of nitrogens with two attached hydrogens (primary N) is 2. The molecule has 0 aliphatic carbocycles. The lowest BCUT2D eigenvalue weighted by atomic mass is 10.3. The molecule has 0 spiro atoms. The van der Waals surface area contributed by atoms with Gasteiger partial charge in [-0.2, -0.15) is 5.01 Å². The molecule has 15 heavy (non-hydrogen) atoms. The van der Waals surface area contributed by atoms with Crippen LogP contribution in [0.2, 0.25) is 0 Å². The third kappa shape index (κ3) is 2.37. The van der Waals surface area contributed by atoms with Crippen LogP contribution in [0, 0.1) is 0 Å². The summed E-state index contributed by atoms with van der Waals surface area (Å²) in [7, 11) is 1.36. The molecule has 4 N–H and O–H groups in total. The minimum absolute atomic E-state index is 0.478. The van der Waals surface area contributed by atoms with E-state index in [0.29, 0.717) is 5.69 Å². The molecule has 6 heteroatoms. The van der Waals surface area contributed by atoms with E-state index in [0.717, 1.165) is 10.0 Å². The molecule has 0 aliphatic rings. The number of primary amides is 2. The average molecular weight is 208 g/mol. The lowest BCUT2D eigenvalue weighted by Gasteiger charge is -2.28. The molecular formula is C9H12N4O2. The molecule has 4 amide bonds. The van der Waals surface area contributed by atoms with Crippen LogP contribution in [0.25, 0.3) is 0 Å². The summed E-state index contributed by atoms with van der Waals surface area (Å²) in [5.41, 5.74) is 10.7. The zero-order valence-corrected chi connectivity index (χ0v) is 8.25. The lowest BCUT2D eigenvalue weighted by molar-refractivity contribution is 0.207. The van der Waals surface area contributed by atoms with Gasteiger partial charge in [0, 0.05) is 7.05 Å². The van der Waals surface area contributed by atoms with E-state index >= 15 is 0 Å². The van der Waals surface area contributed by atoms with Crippen LogP contribution in [0.1, 0.15) is 0 Å². The predicted molar refractivity (Wildman–Crippen MR) is 55.9 cm³/mol. The van der Waals surface area contributed by atoms with Crippen molar-refractivity contribution < 1.29 is 9.59 Å². The van der Waals surface area contributed by atoms with Gasteiger partial charge >= 0.3 is 12.1 Å². The number of urea groups is 2. The van der Waals surface area contributed by atoms with Gasteiger partial charge in [-0.05, 0) is 12.1 Å². The second-order valence-corrected chi connectivity index (χ2v) is 2.85. The monoisotopic (exact) mass is 208 g/mol. The zero-order valence-electron chi connectivity index (χ0n) is 8.25. The van der Waals surface area contributed by atoms with Gasteiger partial charge in [0.05, 0.1) is 5.69 Å². The Labute approximate surface area is 87.0 Å². The molecule has 1 rings (SSSR count). The topological polar surface area (TPSA) is 92.7 Å². The van der Waals surface area contributed by atoms with Gasteiger partial charge in [-0.1, -0.05) is 18.2 Å². The molecule has 0 saturated heterocycles. The fourth-order valence-electron chi connectivity index (χ4n) is 1.12. The number of carbonyl (C=O) groups excluding carboxylic acids is 2. The maximum absolute atomic E-state index is 11.1. The van der Waals surface area contributed by atoms with Gasteiger partial charge in [0.15, 0.2) is 0 Å². The van der Waals surface area contributed by atoms with Gasteiger partial charge in [-0.15, -0.1) is 0 Å². The quantitative estimate of drug-likeness (QED) is 0.657. The summed E-state index contributed by atoms with van der Waals surface area (Å²) in [4.78, 5) is 22.1. The fraction of sp³-hybridized carbons (Fsp3) is 0.111. The van der Waals surface area contributed by atoms with Crippen LogP contribution < -0.4 is 16.5 Å². The van der Waals surface area contributed by atoms with E-state index in [9.17, 15) is 9.59 Å². The standard InChI is InChI=1S/C9H12N4O2/c1-12(8(10)14)13(9(11)15)7-5-3-2-4-6-7/h2-6H,1H3,(H2,10,14)(H2,11,15). The Morgan fingerprint density at radius 1 is 1.07 bits per heavy atom. The Balaban J connectivity index is 3.04. The summed E-state index contributed by atoms with van der Waals surface area (Å²) in [6, 6.07) is 6.97. The van der Waals surface area contributed by atoms with Crippen molar-refractivity contribution in [1.82, 2.24) is 5.01 Å². The van der Waals surface area contributed by atoms with Gasteiger partial charge in [-0.25, -0.2) is 14.6 Å². The van der Waals surface area contributed by atoms with E-state index in [1.54, 1.807) is 30.3 Å². The first-order valence-electron chi connectivity index (χ1n) is 4.21. The zero-order chi connectivity index (χ0) is 11.4. The SMILES string of the molecule is CN(C(N)=O)N(C(N)=O)c1ccccc1. The van der Waals surface area contributed by atoms with Crippen molar-refractivity contribution >= 4 is 17.7 Å². The molecule has 0 unspecified atom stereocenters. The highest BCUT2D eigenvalue weighted by Gasteiger charge is 2.19. The maximum Gasteiger partial charge on any atom is 0.338 e. The number of amides is 4. The number of hydrogen-bond donors (Lipinski definition) is 2. The number of para-hydroxylation sites is 1. The van der Waals surface area contributed by atoms with Crippen molar-refractivity contribution in [2.24, 2.45) is 11.5 Å². The van der Waals surface area contributed by atoms with Crippen LogP contribution in [0.5, 0.6) is 0 Å². The summed E-state index contributed by atoms with van der Waals surface area (Å²) < 4.78 is 0. The minimum Gasteiger partial charge on any atom is -0.350 e. The molecular weight excluding hydrogens is 196 g/mol. The van der Waals surface area contributed by atoms with E-state index in [1.165, 1.54) is 7.05 Å². The number of hydrogen-bond acceptors (Lipinski definition) is 2. The molecule has 0 aliphatic heterocycles. The molecule has 0 heterocycles. The lowest BCUT2D eigenvalue weighted by Crippen LogP contribution is -2.52. The molecule has 1 aromatic rings. The summed E-state index contributed by atoms with van der Waals surface area (Å²) in [6.45, 7) is 0. The number of carbonyl (C=O) groups is 2. The van der Waals surface area contributed by atoms with Gasteiger partial charge in [0.25, 0.3) is 0 Å². The van der Waals surface area contributed by atoms with Crippen molar-refractivity contribution in [1.29, 1.82) is 0 Å². The van der Waals surface area contributed by atoms with Crippen molar-refractivity contribution in [3.63, 3.8) is 0 Å². The first-order chi connectivity index (χ1) is 7.04. The highest BCUT2D eigenvalue weighted by Crippen LogP contribution is 2.14. The van der Waals surface area contributed by atoms with E-state index in [2.05, 4.69) is 0 Å². The van der Waals surface area contributed by atoms with Gasteiger partial charge in [0.2, 0.25) is 0 Å². The fourth-order valence-corrected chi connectivity index (χ4v) is 1.12. The first-order valence-corrected chi connectivity index (χ1v) is 4.21. The van der Waals surface area contributed by atoms with E-state index in [-0.39, 0.29) is 0 Å². The summed E-state index contributed by atoms with van der Waals surface area (Å²) in [6.07, 6.45) is 0. The van der Waals surface area contributed by atoms with Crippen molar-refractivity contribution in [2.75, 3.05) is 12.1 Å². The Hall–Kier alpha value is -2.24. The van der Waals surface area contributed by atoms with E-state index in [4.69, 9.17) is 11.5 Å². The normalized spacial score (nSPS) is 9.40. The Morgan fingerprint density at radius 3 is 2.00 bits per heavy atom. The van der Waals surface area contributed by atoms with Gasteiger partial charge in [-0.3, -0.25) is 0 Å². The largest absolute Gasteiger partial charge is 0.350 e. The number of nitrogens with zero attached hydrogens (tertiary/aromatic N) is 2. The molecule has 80 valence electrons. The number of benzene rings is 1. The molecule has 0 bridgehead atoms. The Kier molecular flexibility index (Phi) is 3.12. The van der Waals surface area contributed by atoms with Crippen molar-refractivity contribution in [3.8, 4) is 0 Å². The van der Waals surface area contributed by atoms with Crippen molar-refractivity contribution in [3.05, 3.63) is 30.3 Å². The van der Waals surface area contributed by atoms with Crippen LogP contribution in [0.3, 0.4) is 0 Å². The maximum atomic E-state index is 11.1. The van der Waals surface area contributed by atoms with E-state index in [1.807, 2.05) is 0 Å². The molecule has 0 fully saturated rings. The van der Waals surface area contributed by atoms with Crippen molar-refractivity contribution in [2.45, 2.75) is 0 Å². The molecule has 1 aromatic carbocycles. The highest BCUT2D eigenvalue weighted by atomic mass is 16.2. The molecule has 0 saturated carbocycles. The third-order valence-electron chi connectivity index (χ3n) is 1.83. The minimum atomic E-state index is -0.775. The van der Waals surface area contributed by atoms with Crippen LogP contribution in [-0.4, -0.2) is 24.1 Å². The number of hydrazine groups is 1. The molecule has 0 aromatic heterocycles. The van der Waals surface area contributed by atoms with Gasteiger partial charge < -0.3 is 11.5 Å². The van der Waals surface area contributed by atoms with Crippen LogP contribution in [0.15, 0.2) is 30.3 Å². The Morgan fingerprint density at radius 2 is 1.60 bits per heavy atom. The van der Waals surface area contributed by atoms with Crippen LogP contribution in [0.4, 0.5) is 15.3 Å². The smallest absolute Gasteiger partial charge is 0.338 e. The summed E-state index contributed by atoms with van der Waals surface area (Å²) in [5.74, 6) is 0. The molecule has 6 nitrogen and oxygen atoms in total. The van der Waals surface area contributed by atoms with E-state index < -0.39 is 12.1 Å². The highest BCUT2D eigenvalue weighted by molar-refractivity contribution is 5.93.